The largest absolute Gasteiger partial charge is 0.488 e. The van der Waals surface area contributed by atoms with Gasteiger partial charge in [0, 0.05) is 17.0 Å². The van der Waals surface area contributed by atoms with Crippen LogP contribution in [0.5, 0.6) is 5.75 Å². The summed E-state index contributed by atoms with van der Waals surface area (Å²) in [6, 6.07) is 9.33. The van der Waals surface area contributed by atoms with Gasteiger partial charge in [-0.25, -0.2) is 8.42 Å². The molecule has 33 heavy (non-hydrogen) atoms. The Labute approximate surface area is 198 Å². The average molecular weight is 489 g/mol. The SMILES string of the molecule is N#Cc1cc(NS(=O)(=O)c2cc(C(O)O)ccc2C2CC2)c(OC2CCCC23CC3)cc1Cl. The highest BCUT2D eigenvalue weighted by Crippen LogP contribution is 2.59. The molecule has 0 saturated heterocycles. The van der Waals surface area contributed by atoms with Gasteiger partial charge in [-0.2, -0.15) is 5.26 Å². The third kappa shape index (κ3) is 4.31. The van der Waals surface area contributed by atoms with Crippen molar-refractivity contribution >= 4 is 27.3 Å². The number of nitriles is 1. The van der Waals surface area contributed by atoms with E-state index in [1.807, 2.05) is 6.07 Å². The lowest BCUT2D eigenvalue weighted by Crippen LogP contribution is -2.24. The number of sulfonamides is 1. The first-order valence-electron chi connectivity index (χ1n) is 11.2. The van der Waals surface area contributed by atoms with Gasteiger partial charge in [0.1, 0.15) is 17.9 Å². The van der Waals surface area contributed by atoms with Gasteiger partial charge >= 0.3 is 0 Å². The summed E-state index contributed by atoms with van der Waals surface area (Å²) in [5.74, 6) is 0.414. The molecule has 2 aromatic carbocycles. The Morgan fingerprint density at radius 2 is 1.91 bits per heavy atom. The lowest BCUT2D eigenvalue weighted by atomic mass is 10.0. The van der Waals surface area contributed by atoms with Crippen LogP contribution in [0, 0.1) is 16.7 Å². The van der Waals surface area contributed by atoms with Gasteiger partial charge in [-0.1, -0.05) is 23.7 Å². The van der Waals surface area contributed by atoms with Gasteiger partial charge in [0.25, 0.3) is 10.0 Å². The standard InChI is InChI=1S/C24H25ClN2O5S/c25-18-12-20(32-22-2-1-7-24(22)8-9-24)19(10-16(18)13-26)27-33(30,31)21-11-15(23(28)29)5-6-17(21)14-3-4-14/h5-6,10-12,14,22-23,27-29H,1-4,7-9H2. The maximum Gasteiger partial charge on any atom is 0.262 e. The molecule has 1 atom stereocenters. The maximum atomic E-state index is 13.5. The Morgan fingerprint density at radius 3 is 2.55 bits per heavy atom. The second-order valence-electron chi connectivity index (χ2n) is 9.35. The highest BCUT2D eigenvalue weighted by atomic mass is 35.5. The molecule has 0 radical (unpaired) electrons. The number of aliphatic hydroxyl groups is 2. The van der Waals surface area contributed by atoms with Crippen molar-refractivity contribution in [2.75, 3.05) is 4.72 Å². The summed E-state index contributed by atoms with van der Waals surface area (Å²) < 4.78 is 35.9. The van der Waals surface area contributed by atoms with Crippen LogP contribution in [0.1, 0.15) is 73.8 Å². The van der Waals surface area contributed by atoms with Gasteiger partial charge in [0.15, 0.2) is 6.29 Å². The lowest BCUT2D eigenvalue weighted by molar-refractivity contribution is -0.0426. The molecule has 0 heterocycles. The number of halogens is 1. The van der Waals surface area contributed by atoms with Crippen LogP contribution >= 0.6 is 11.6 Å². The first kappa shape index (κ1) is 22.5. The summed E-state index contributed by atoms with van der Waals surface area (Å²) in [6.45, 7) is 0. The number of nitrogens with zero attached hydrogens (tertiary/aromatic N) is 1. The van der Waals surface area contributed by atoms with Crippen LogP contribution < -0.4 is 9.46 Å². The molecule has 3 aliphatic rings. The van der Waals surface area contributed by atoms with E-state index in [-0.39, 0.29) is 44.2 Å². The van der Waals surface area contributed by atoms with Crippen molar-refractivity contribution in [3.8, 4) is 11.8 Å². The molecule has 5 rings (SSSR count). The Morgan fingerprint density at radius 1 is 1.15 bits per heavy atom. The summed E-state index contributed by atoms with van der Waals surface area (Å²) in [6.07, 6.45) is 5.21. The van der Waals surface area contributed by atoms with Crippen LogP contribution in [-0.2, 0) is 10.0 Å². The molecular weight excluding hydrogens is 464 g/mol. The fourth-order valence-electron chi connectivity index (χ4n) is 4.87. The molecule has 0 bridgehead atoms. The van der Waals surface area contributed by atoms with E-state index in [0.29, 0.717) is 11.3 Å². The van der Waals surface area contributed by atoms with E-state index in [2.05, 4.69) is 4.72 Å². The number of hydrogen-bond donors (Lipinski definition) is 3. The minimum Gasteiger partial charge on any atom is -0.488 e. The molecule has 174 valence electrons. The predicted octanol–water partition coefficient (Wildman–Crippen LogP) is 4.58. The molecule has 3 N–H and O–H groups in total. The lowest BCUT2D eigenvalue weighted by Gasteiger charge is -2.23. The Kier molecular flexibility index (Phi) is 5.57. The Balaban J connectivity index is 1.53. The molecule has 3 aliphatic carbocycles. The van der Waals surface area contributed by atoms with E-state index in [0.717, 1.165) is 44.9 Å². The van der Waals surface area contributed by atoms with Crippen molar-refractivity contribution in [2.24, 2.45) is 5.41 Å². The number of aliphatic hydroxyl groups excluding tert-OH is 1. The fourth-order valence-corrected chi connectivity index (χ4v) is 6.46. The minimum atomic E-state index is -4.12. The first-order valence-corrected chi connectivity index (χ1v) is 13.0. The molecule has 7 nitrogen and oxygen atoms in total. The summed E-state index contributed by atoms with van der Waals surface area (Å²) in [4.78, 5) is -0.00506. The first-order chi connectivity index (χ1) is 15.7. The van der Waals surface area contributed by atoms with Crippen molar-refractivity contribution in [1.82, 2.24) is 0 Å². The van der Waals surface area contributed by atoms with Crippen LogP contribution in [0.25, 0.3) is 0 Å². The van der Waals surface area contributed by atoms with Crippen molar-refractivity contribution in [2.45, 2.75) is 68.2 Å². The molecule has 3 saturated carbocycles. The maximum absolute atomic E-state index is 13.5. The molecule has 0 aliphatic heterocycles. The van der Waals surface area contributed by atoms with Crippen molar-refractivity contribution in [3.05, 3.63) is 52.0 Å². The fraction of sp³-hybridized carbons (Fsp3) is 0.458. The third-order valence-corrected chi connectivity index (χ3v) is 8.80. The number of nitrogens with one attached hydrogen (secondary N) is 1. The van der Waals surface area contributed by atoms with E-state index in [1.165, 1.54) is 24.3 Å². The minimum absolute atomic E-state index is 0.00506. The summed E-state index contributed by atoms with van der Waals surface area (Å²) >= 11 is 6.26. The van der Waals surface area contributed by atoms with Crippen LogP contribution in [0.4, 0.5) is 5.69 Å². The molecule has 9 heteroatoms. The van der Waals surface area contributed by atoms with E-state index in [9.17, 15) is 23.9 Å². The second kappa shape index (κ2) is 8.17. The van der Waals surface area contributed by atoms with Crippen LogP contribution in [0.15, 0.2) is 35.2 Å². The molecule has 0 aromatic heterocycles. The monoisotopic (exact) mass is 488 g/mol. The summed E-state index contributed by atoms with van der Waals surface area (Å²) in [5, 5.41) is 28.8. The molecule has 1 spiro atoms. The van der Waals surface area contributed by atoms with Gasteiger partial charge in [0.05, 0.1) is 21.2 Å². The number of hydrogen-bond acceptors (Lipinski definition) is 6. The smallest absolute Gasteiger partial charge is 0.262 e. The van der Waals surface area contributed by atoms with Gasteiger partial charge < -0.3 is 14.9 Å². The third-order valence-electron chi connectivity index (χ3n) is 7.06. The zero-order chi connectivity index (χ0) is 23.4. The number of anilines is 1. The van der Waals surface area contributed by atoms with E-state index < -0.39 is 16.3 Å². The van der Waals surface area contributed by atoms with Crippen molar-refractivity contribution < 1.29 is 23.4 Å². The number of benzene rings is 2. The van der Waals surface area contributed by atoms with Gasteiger partial charge in [-0.05, 0) is 68.6 Å². The Hall–Kier alpha value is -2.31. The second-order valence-corrected chi connectivity index (χ2v) is 11.4. The van der Waals surface area contributed by atoms with Crippen molar-refractivity contribution in [3.63, 3.8) is 0 Å². The highest BCUT2D eigenvalue weighted by Gasteiger charge is 2.53. The van der Waals surface area contributed by atoms with Gasteiger partial charge in [0.2, 0.25) is 0 Å². The zero-order valence-corrected chi connectivity index (χ0v) is 19.5. The molecule has 0 amide bonds. The Bertz CT molecular complexity index is 1250. The van der Waals surface area contributed by atoms with Crippen LogP contribution in [-0.4, -0.2) is 24.7 Å². The van der Waals surface area contributed by atoms with Gasteiger partial charge in [-0.15, -0.1) is 0 Å². The predicted molar refractivity (Wildman–Crippen MR) is 123 cm³/mol. The highest BCUT2D eigenvalue weighted by molar-refractivity contribution is 7.92. The molecular formula is C24H25ClN2O5S. The molecule has 3 fully saturated rings. The molecule has 2 aromatic rings. The van der Waals surface area contributed by atoms with Crippen molar-refractivity contribution in [1.29, 1.82) is 5.26 Å². The van der Waals surface area contributed by atoms with Crippen LogP contribution in [0.3, 0.4) is 0 Å². The molecule has 1 unspecified atom stereocenters. The quantitative estimate of drug-likeness (QED) is 0.490. The van der Waals surface area contributed by atoms with E-state index >= 15 is 0 Å². The van der Waals surface area contributed by atoms with Gasteiger partial charge in [-0.3, -0.25) is 4.72 Å². The number of rotatable bonds is 7. The van der Waals surface area contributed by atoms with E-state index in [1.54, 1.807) is 6.07 Å². The zero-order valence-electron chi connectivity index (χ0n) is 17.9. The van der Waals surface area contributed by atoms with Crippen LogP contribution in [0.2, 0.25) is 5.02 Å². The normalized spacial score (nSPS) is 21.2. The number of ether oxygens (including phenoxy) is 1. The topological polar surface area (TPSA) is 120 Å². The summed E-state index contributed by atoms with van der Waals surface area (Å²) in [7, 11) is -4.12. The average Bonchev–Trinajstić information content (AvgIpc) is 3.69. The summed E-state index contributed by atoms with van der Waals surface area (Å²) in [5.41, 5.74) is 1.18. The van der Waals surface area contributed by atoms with E-state index in [4.69, 9.17) is 16.3 Å².